The number of hydrogen-bond acceptors (Lipinski definition) is 4. The fraction of sp³-hybridized carbons (Fsp3) is 0.706. The molecule has 2 heterocycles. The zero-order chi connectivity index (χ0) is 17.1. The first kappa shape index (κ1) is 15.6. The molecular formula is C17H24N4O3. The van der Waals surface area contributed by atoms with Crippen molar-refractivity contribution in [3.05, 3.63) is 32.6 Å². The highest BCUT2D eigenvalue weighted by Gasteiger charge is 2.54. The van der Waals surface area contributed by atoms with Gasteiger partial charge >= 0.3 is 5.69 Å². The van der Waals surface area contributed by atoms with Gasteiger partial charge in [0.2, 0.25) is 5.91 Å². The van der Waals surface area contributed by atoms with Crippen molar-refractivity contribution in [3.8, 4) is 0 Å². The van der Waals surface area contributed by atoms with Crippen molar-refractivity contribution in [1.82, 2.24) is 19.4 Å². The molecule has 0 aromatic carbocycles. The van der Waals surface area contributed by atoms with Gasteiger partial charge in [0.1, 0.15) is 6.17 Å². The van der Waals surface area contributed by atoms with Crippen molar-refractivity contribution < 1.29 is 4.79 Å². The van der Waals surface area contributed by atoms with E-state index in [4.69, 9.17) is 0 Å². The maximum Gasteiger partial charge on any atom is 0.330 e. The lowest BCUT2D eigenvalue weighted by atomic mass is 9.98. The average Bonchev–Trinajstić information content (AvgIpc) is 3.20. The van der Waals surface area contributed by atoms with Crippen LogP contribution in [0.1, 0.15) is 50.3 Å². The topological polar surface area (TPSA) is 76.3 Å². The summed E-state index contributed by atoms with van der Waals surface area (Å²) in [6, 6.07) is 0. The second kappa shape index (κ2) is 5.31. The number of rotatable bonds is 3. The van der Waals surface area contributed by atoms with Crippen LogP contribution in [0.3, 0.4) is 0 Å². The zero-order valence-corrected chi connectivity index (χ0v) is 14.2. The molecule has 1 unspecified atom stereocenters. The quantitative estimate of drug-likeness (QED) is 0.860. The predicted octanol–water partition coefficient (Wildman–Crippen LogP) is 0.237. The van der Waals surface area contributed by atoms with Gasteiger partial charge in [-0.3, -0.25) is 19.5 Å². The Kier molecular flexibility index (Phi) is 3.46. The van der Waals surface area contributed by atoms with Gasteiger partial charge in [-0.05, 0) is 31.6 Å². The van der Waals surface area contributed by atoms with Crippen molar-refractivity contribution >= 4 is 5.91 Å². The third-order valence-corrected chi connectivity index (χ3v) is 5.77. The second-order valence-electron chi connectivity index (χ2n) is 7.58. The van der Waals surface area contributed by atoms with Crippen molar-refractivity contribution in [2.24, 2.45) is 20.0 Å². The molecule has 130 valence electrons. The van der Waals surface area contributed by atoms with Crippen LogP contribution in [-0.4, -0.2) is 32.0 Å². The van der Waals surface area contributed by atoms with E-state index in [1.807, 2.05) is 4.90 Å². The lowest BCUT2D eigenvalue weighted by Gasteiger charge is -2.24. The van der Waals surface area contributed by atoms with Gasteiger partial charge in [0.05, 0.1) is 11.1 Å². The number of aryl methyl sites for hydroxylation is 1. The molecule has 1 saturated heterocycles. The number of amides is 1. The van der Waals surface area contributed by atoms with Gasteiger partial charge in [-0.25, -0.2) is 4.79 Å². The normalized spacial score (nSPS) is 25.8. The van der Waals surface area contributed by atoms with Crippen LogP contribution in [0.15, 0.2) is 15.8 Å². The molecule has 7 heteroatoms. The number of nitrogens with one attached hydrogen (secondary N) is 1. The van der Waals surface area contributed by atoms with Crippen LogP contribution < -0.4 is 16.6 Å². The van der Waals surface area contributed by atoms with Crippen LogP contribution in [0.2, 0.25) is 0 Å². The molecule has 4 rings (SSSR count). The van der Waals surface area contributed by atoms with Crippen LogP contribution in [0.5, 0.6) is 0 Å². The van der Waals surface area contributed by atoms with Crippen LogP contribution in [0, 0.1) is 5.92 Å². The summed E-state index contributed by atoms with van der Waals surface area (Å²) in [6.45, 7) is 0.699. The predicted molar refractivity (Wildman–Crippen MR) is 88.4 cm³/mol. The summed E-state index contributed by atoms with van der Waals surface area (Å²) in [7, 11) is 3.13. The van der Waals surface area contributed by atoms with E-state index in [1.54, 1.807) is 13.2 Å². The molecule has 2 saturated carbocycles. The summed E-state index contributed by atoms with van der Waals surface area (Å²) < 4.78 is 2.54. The van der Waals surface area contributed by atoms with Gasteiger partial charge < -0.3 is 9.47 Å². The molecule has 3 aliphatic rings. The molecule has 7 nitrogen and oxygen atoms in total. The Hall–Kier alpha value is -1.89. The number of carbonyl (C=O) groups is 1. The van der Waals surface area contributed by atoms with Gasteiger partial charge in [0.15, 0.2) is 0 Å². The zero-order valence-electron chi connectivity index (χ0n) is 14.2. The fourth-order valence-corrected chi connectivity index (χ4v) is 4.17. The minimum absolute atomic E-state index is 0.132. The van der Waals surface area contributed by atoms with E-state index in [0.717, 1.165) is 43.1 Å². The summed E-state index contributed by atoms with van der Waals surface area (Å²) in [5, 5.41) is 3.48. The highest BCUT2D eigenvalue weighted by Crippen LogP contribution is 2.42. The number of aromatic nitrogens is 2. The van der Waals surface area contributed by atoms with E-state index in [-0.39, 0.29) is 17.2 Å². The molecule has 0 bridgehead atoms. The molecular weight excluding hydrogens is 308 g/mol. The van der Waals surface area contributed by atoms with Gasteiger partial charge in [0, 0.05) is 26.8 Å². The summed E-state index contributed by atoms with van der Waals surface area (Å²) in [5.41, 5.74) is -0.701. The van der Waals surface area contributed by atoms with Crippen LogP contribution in [0.4, 0.5) is 0 Å². The molecule has 24 heavy (non-hydrogen) atoms. The molecule has 0 radical (unpaired) electrons. The first-order chi connectivity index (χ1) is 11.4. The first-order valence-corrected chi connectivity index (χ1v) is 8.78. The van der Waals surface area contributed by atoms with Crippen molar-refractivity contribution in [2.75, 3.05) is 6.54 Å². The Morgan fingerprint density at radius 1 is 1.17 bits per heavy atom. The maximum atomic E-state index is 13.1. The molecule has 1 spiro atoms. The highest BCUT2D eigenvalue weighted by molar-refractivity contribution is 5.89. The van der Waals surface area contributed by atoms with E-state index in [1.165, 1.54) is 11.6 Å². The van der Waals surface area contributed by atoms with E-state index in [2.05, 4.69) is 5.32 Å². The second-order valence-corrected chi connectivity index (χ2v) is 7.58. The third kappa shape index (κ3) is 2.25. The van der Waals surface area contributed by atoms with Gasteiger partial charge in [-0.1, -0.05) is 12.8 Å². The maximum absolute atomic E-state index is 13.1. The van der Waals surface area contributed by atoms with E-state index in [9.17, 15) is 14.4 Å². The Bertz CT molecular complexity index is 799. The van der Waals surface area contributed by atoms with Gasteiger partial charge in [-0.2, -0.15) is 0 Å². The van der Waals surface area contributed by atoms with E-state index >= 15 is 0 Å². The smallest absolute Gasteiger partial charge is 0.321 e. The van der Waals surface area contributed by atoms with Crippen molar-refractivity contribution in [1.29, 1.82) is 0 Å². The summed E-state index contributed by atoms with van der Waals surface area (Å²) in [5.74, 6) is 0.680. The Morgan fingerprint density at radius 3 is 2.46 bits per heavy atom. The molecule has 1 atom stereocenters. The molecule has 1 amide bonds. The Labute approximate surface area is 140 Å². The van der Waals surface area contributed by atoms with E-state index in [0.29, 0.717) is 18.0 Å². The Balaban J connectivity index is 1.79. The minimum Gasteiger partial charge on any atom is -0.321 e. The van der Waals surface area contributed by atoms with Gasteiger partial charge in [0.25, 0.3) is 5.56 Å². The summed E-state index contributed by atoms with van der Waals surface area (Å²) in [4.78, 5) is 39.6. The molecule has 1 aromatic rings. The average molecular weight is 332 g/mol. The fourth-order valence-electron chi connectivity index (χ4n) is 4.17. The van der Waals surface area contributed by atoms with Crippen LogP contribution >= 0.6 is 0 Å². The van der Waals surface area contributed by atoms with Crippen molar-refractivity contribution in [3.63, 3.8) is 0 Å². The van der Waals surface area contributed by atoms with Gasteiger partial charge in [-0.15, -0.1) is 0 Å². The van der Waals surface area contributed by atoms with Crippen LogP contribution in [-0.2, 0) is 18.9 Å². The first-order valence-electron chi connectivity index (χ1n) is 8.78. The lowest BCUT2D eigenvalue weighted by Crippen LogP contribution is -2.45. The molecule has 1 aliphatic heterocycles. The third-order valence-electron chi connectivity index (χ3n) is 5.77. The SMILES string of the molecule is Cn1cc(C2NC3(CCCC3)C(=O)N2CC2CC2)c(=O)n(C)c1=O. The standard InChI is InChI=1S/C17H24N4O3/c1-19-10-12(14(22)20(2)16(19)24)13-18-17(7-3-4-8-17)15(23)21(13)9-11-5-6-11/h10-11,13,18H,3-9H2,1-2H3. The number of nitrogens with zero attached hydrogens (tertiary/aromatic N) is 3. The summed E-state index contributed by atoms with van der Waals surface area (Å²) in [6.07, 6.45) is 7.18. The van der Waals surface area contributed by atoms with Crippen molar-refractivity contribution in [2.45, 2.75) is 50.2 Å². The highest BCUT2D eigenvalue weighted by atomic mass is 16.2. The molecule has 1 N–H and O–H groups in total. The number of carbonyl (C=O) groups excluding carboxylic acids is 1. The van der Waals surface area contributed by atoms with E-state index < -0.39 is 11.7 Å². The lowest BCUT2D eigenvalue weighted by molar-refractivity contribution is -0.133. The summed E-state index contributed by atoms with van der Waals surface area (Å²) >= 11 is 0. The monoisotopic (exact) mass is 332 g/mol. The molecule has 2 aliphatic carbocycles. The Morgan fingerprint density at radius 2 is 1.83 bits per heavy atom. The number of hydrogen-bond donors (Lipinski definition) is 1. The molecule has 3 fully saturated rings. The minimum atomic E-state index is -0.515. The van der Waals surface area contributed by atoms with Crippen LogP contribution in [0.25, 0.3) is 0 Å². The largest absolute Gasteiger partial charge is 0.330 e. The molecule has 1 aromatic heterocycles.